The predicted octanol–water partition coefficient (Wildman–Crippen LogP) is 0.461. The number of carbonyl (C=O) groups is 2. The van der Waals surface area contributed by atoms with E-state index < -0.39 is 5.97 Å². The first-order chi connectivity index (χ1) is 10.6. The Labute approximate surface area is 163 Å². The third-order valence-electron chi connectivity index (χ3n) is 3.79. The van der Waals surface area contributed by atoms with Crippen molar-refractivity contribution in [3.8, 4) is 0 Å². The summed E-state index contributed by atoms with van der Waals surface area (Å²) in [7, 11) is 0. The van der Waals surface area contributed by atoms with Gasteiger partial charge in [-0.2, -0.15) is 0 Å². The zero-order chi connectivity index (χ0) is 16.6. The van der Waals surface area contributed by atoms with Crippen molar-refractivity contribution >= 4 is 11.9 Å². The van der Waals surface area contributed by atoms with Crippen molar-refractivity contribution in [2.75, 3.05) is 0 Å². The minimum atomic E-state index is -1.34. The topological polar surface area (TPSA) is 69.2 Å². The maximum absolute atomic E-state index is 11.5. The first-order valence-electron chi connectivity index (χ1n) is 8.79. The monoisotopic (exact) mass is 333 g/mol. The number of hydrogen-bond donors (Lipinski definition) is 1. The van der Waals surface area contributed by atoms with Crippen molar-refractivity contribution in [3.63, 3.8) is 0 Å². The van der Waals surface area contributed by atoms with E-state index in [9.17, 15) is 14.7 Å². The van der Waals surface area contributed by atoms with E-state index in [2.05, 4.69) is 12.2 Å². The van der Waals surface area contributed by atoms with Crippen LogP contribution in [0.15, 0.2) is 11.8 Å². The number of hydrogen-bond acceptors (Lipinski definition) is 3. The third-order valence-corrected chi connectivity index (χ3v) is 3.79. The molecular weight excluding hydrogens is 301 g/mol. The third kappa shape index (κ3) is 16.3. The number of rotatable bonds is 14. The van der Waals surface area contributed by atoms with Crippen molar-refractivity contribution in [1.82, 2.24) is 5.32 Å². The Morgan fingerprint density at radius 3 is 1.70 bits per heavy atom. The zero-order valence-corrected chi connectivity index (χ0v) is 17.3. The van der Waals surface area contributed by atoms with Gasteiger partial charge in [0.25, 0.3) is 0 Å². The van der Waals surface area contributed by atoms with Crippen molar-refractivity contribution in [1.29, 1.82) is 0 Å². The molecule has 5 heteroatoms. The van der Waals surface area contributed by atoms with E-state index in [1.54, 1.807) is 6.92 Å². The molecule has 0 radical (unpaired) electrons. The first kappa shape index (κ1) is 24.9. The van der Waals surface area contributed by atoms with Crippen molar-refractivity contribution in [2.24, 2.45) is 0 Å². The number of carbonyl (C=O) groups excluding carboxylic acids is 2. The fourth-order valence-electron chi connectivity index (χ4n) is 2.40. The minimum absolute atomic E-state index is 0. The van der Waals surface area contributed by atoms with Gasteiger partial charge in [0.05, 0.1) is 11.7 Å². The summed E-state index contributed by atoms with van der Waals surface area (Å²) in [5, 5.41) is 13.0. The SMILES string of the molecule is CC=C(NC(=O)CCCCCCCCCCCCC)C(=O)[O-].[Na+]. The Morgan fingerprint density at radius 1 is 0.870 bits per heavy atom. The van der Waals surface area contributed by atoms with Crippen LogP contribution in [0.5, 0.6) is 0 Å². The Kier molecular flexibility index (Phi) is 19.5. The van der Waals surface area contributed by atoms with Gasteiger partial charge in [-0.15, -0.1) is 0 Å². The molecule has 0 rings (SSSR count). The molecule has 0 aromatic heterocycles. The normalized spacial score (nSPS) is 11.0. The van der Waals surface area contributed by atoms with E-state index in [0.29, 0.717) is 6.42 Å². The Hall–Kier alpha value is -0.320. The smallest absolute Gasteiger partial charge is 0.543 e. The number of carboxylic acid groups (broad SMARTS) is 1. The van der Waals surface area contributed by atoms with E-state index in [0.717, 1.165) is 19.3 Å². The Bertz CT molecular complexity index is 343. The molecular formula is C18H32NNaO3. The van der Waals surface area contributed by atoms with Gasteiger partial charge < -0.3 is 15.2 Å². The number of carboxylic acids is 1. The van der Waals surface area contributed by atoms with Gasteiger partial charge in [0, 0.05) is 6.42 Å². The zero-order valence-electron chi connectivity index (χ0n) is 15.3. The van der Waals surface area contributed by atoms with Gasteiger partial charge >= 0.3 is 29.6 Å². The number of allylic oxidation sites excluding steroid dienone is 1. The fraction of sp³-hybridized carbons (Fsp3) is 0.778. The second kappa shape index (κ2) is 18.0. The molecule has 0 unspecified atom stereocenters. The van der Waals surface area contributed by atoms with Crippen LogP contribution in [-0.2, 0) is 9.59 Å². The van der Waals surface area contributed by atoms with E-state index in [1.165, 1.54) is 57.4 Å². The van der Waals surface area contributed by atoms with Gasteiger partial charge in [0.15, 0.2) is 0 Å². The molecule has 0 aromatic carbocycles. The van der Waals surface area contributed by atoms with Gasteiger partial charge in [-0.25, -0.2) is 0 Å². The van der Waals surface area contributed by atoms with Crippen LogP contribution in [0.25, 0.3) is 0 Å². The second-order valence-corrected chi connectivity index (χ2v) is 5.82. The van der Waals surface area contributed by atoms with Crippen LogP contribution >= 0.6 is 0 Å². The summed E-state index contributed by atoms with van der Waals surface area (Å²) in [5.41, 5.74) is -0.145. The molecule has 0 spiro atoms. The van der Waals surface area contributed by atoms with E-state index in [1.807, 2.05) is 0 Å². The molecule has 0 fully saturated rings. The number of unbranched alkanes of at least 4 members (excludes halogenated alkanes) is 10. The Morgan fingerprint density at radius 2 is 1.30 bits per heavy atom. The summed E-state index contributed by atoms with van der Waals surface area (Å²) >= 11 is 0. The number of aliphatic carboxylic acids is 1. The fourth-order valence-corrected chi connectivity index (χ4v) is 2.40. The van der Waals surface area contributed by atoms with Crippen molar-refractivity contribution < 1.29 is 44.3 Å². The molecule has 0 bridgehead atoms. The van der Waals surface area contributed by atoms with Crippen LogP contribution in [0.1, 0.15) is 90.9 Å². The quantitative estimate of drug-likeness (QED) is 0.285. The summed E-state index contributed by atoms with van der Waals surface area (Å²) in [4.78, 5) is 22.2. The maximum atomic E-state index is 11.5. The molecule has 0 heterocycles. The predicted molar refractivity (Wildman–Crippen MR) is 88.0 cm³/mol. The van der Waals surface area contributed by atoms with E-state index in [-0.39, 0.29) is 41.2 Å². The van der Waals surface area contributed by atoms with E-state index >= 15 is 0 Å². The van der Waals surface area contributed by atoms with Crippen molar-refractivity contribution in [2.45, 2.75) is 90.9 Å². The second-order valence-electron chi connectivity index (χ2n) is 5.82. The first-order valence-corrected chi connectivity index (χ1v) is 8.79. The van der Waals surface area contributed by atoms with Crippen LogP contribution in [-0.4, -0.2) is 11.9 Å². The standard InChI is InChI=1S/C18H33NO3.Na/c1-3-5-6-7-8-9-10-11-12-13-14-15-17(20)19-16(4-2)18(21)22;/h4H,3,5-15H2,1-2H3,(H,19,20)(H,21,22);/q;+1/p-1. The Balaban J connectivity index is 0. The summed E-state index contributed by atoms with van der Waals surface area (Å²) in [6, 6.07) is 0. The molecule has 1 N–H and O–H groups in total. The molecule has 0 saturated heterocycles. The van der Waals surface area contributed by atoms with Crippen LogP contribution in [0, 0.1) is 0 Å². The summed E-state index contributed by atoms with van der Waals surface area (Å²) in [5.74, 6) is -1.58. The largest absolute Gasteiger partial charge is 1.00 e. The number of amides is 1. The molecule has 0 aliphatic carbocycles. The van der Waals surface area contributed by atoms with Gasteiger partial charge in [-0.3, -0.25) is 4.79 Å². The average molecular weight is 333 g/mol. The minimum Gasteiger partial charge on any atom is -0.543 e. The molecule has 128 valence electrons. The van der Waals surface area contributed by atoms with Crippen molar-refractivity contribution in [3.05, 3.63) is 11.8 Å². The molecule has 23 heavy (non-hydrogen) atoms. The molecule has 0 aliphatic heterocycles. The molecule has 0 saturated carbocycles. The molecule has 0 aliphatic rings. The van der Waals surface area contributed by atoms with Crippen LogP contribution < -0.4 is 40.0 Å². The van der Waals surface area contributed by atoms with Crippen LogP contribution in [0.2, 0.25) is 0 Å². The molecule has 0 atom stereocenters. The van der Waals surface area contributed by atoms with Crippen LogP contribution in [0.3, 0.4) is 0 Å². The number of nitrogens with one attached hydrogen (secondary N) is 1. The van der Waals surface area contributed by atoms with E-state index in [4.69, 9.17) is 0 Å². The summed E-state index contributed by atoms with van der Waals surface area (Å²) in [6.07, 6.45) is 15.3. The summed E-state index contributed by atoms with van der Waals surface area (Å²) in [6.45, 7) is 3.80. The van der Waals surface area contributed by atoms with Crippen LogP contribution in [0.4, 0.5) is 0 Å². The maximum Gasteiger partial charge on any atom is 1.00 e. The molecule has 4 nitrogen and oxygen atoms in total. The van der Waals surface area contributed by atoms with Gasteiger partial charge in [-0.05, 0) is 13.3 Å². The summed E-state index contributed by atoms with van der Waals surface area (Å²) < 4.78 is 0. The van der Waals surface area contributed by atoms with Gasteiger partial charge in [-0.1, -0.05) is 77.2 Å². The van der Waals surface area contributed by atoms with Gasteiger partial charge in [0.2, 0.25) is 5.91 Å². The van der Waals surface area contributed by atoms with Gasteiger partial charge in [0.1, 0.15) is 0 Å². The average Bonchev–Trinajstić information content (AvgIpc) is 2.50. The molecule has 1 amide bonds. The molecule has 0 aromatic rings.